The Labute approximate surface area is 85.1 Å². The third-order valence-corrected chi connectivity index (χ3v) is 2.61. The van der Waals surface area contributed by atoms with Crippen LogP contribution in [0, 0.1) is 22.7 Å². The summed E-state index contributed by atoms with van der Waals surface area (Å²) in [7, 11) is 0. The second-order valence-corrected chi connectivity index (χ2v) is 3.56. The topological polar surface area (TPSA) is 62.9 Å². The van der Waals surface area contributed by atoms with E-state index in [2.05, 4.69) is 17.5 Å². The Bertz CT molecular complexity index is 213. The van der Waals surface area contributed by atoms with Crippen LogP contribution in [-0.4, -0.2) is 37.1 Å². The van der Waals surface area contributed by atoms with Crippen molar-refractivity contribution in [2.24, 2.45) is 0 Å². The molecule has 0 bridgehead atoms. The van der Waals surface area contributed by atoms with E-state index in [9.17, 15) is 0 Å². The van der Waals surface area contributed by atoms with Gasteiger partial charge in [-0.1, -0.05) is 0 Å². The third kappa shape index (κ3) is 3.33. The van der Waals surface area contributed by atoms with E-state index in [1.54, 1.807) is 0 Å². The molecule has 1 saturated heterocycles. The molecule has 76 valence electrons. The smallest absolute Gasteiger partial charge is 0.0876 e. The van der Waals surface area contributed by atoms with Crippen LogP contribution in [0.15, 0.2) is 0 Å². The lowest BCUT2D eigenvalue weighted by molar-refractivity contribution is 0.227. The minimum absolute atomic E-state index is 0.373. The molecule has 1 atom stereocenters. The summed E-state index contributed by atoms with van der Waals surface area (Å²) in [6.07, 6.45) is 3.28. The van der Waals surface area contributed by atoms with E-state index >= 15 is 0 Å². The number of nitriles is 2. The summed E-state index contributed by atoms with van der Waals surface area (Å²) in [6.45, 7) is 2.80. The average Bonchev–Trinajstić information content (AvgIpc) is 2.45. The van der Waals surface area contributed by atoms with Crippen molar-refractivity contribution >= 4 is 0 Å². The summed E-state index contributed by atoms with van der Waals surface area (Å²) < 4.78 is 0. The zero-order valence-corrected chi connectivity index (χ0v) is 8.37. The van der Waals surface area contributed by atoms with Gasteiger partial charge in [-0.2, -0.15) is 10.5 Å². The van der Waals surface area contributed by atoms with Crippen molar-refractivity contribution in [2.75, 3.05) is 26.2 Å². The Hall–Kier alpha value is -1.10. The molecule has 1 fully saturated rings. The van der Waals surface area contributed by atoms with E-state index in [0.717, 1.165) is 32.4 Å². The predicted molar refractivity (Wildman–Crippen MR) is 53.3 cm³/mol. The van der Waals surface area contributed by atoms with Crippen LogP contribution in [0.2, 0.25) is 0 Å². The predicted octanol–water partition coefficient (Wildman–Crippen LogP) is 0.478. The summed E-state index contributed by atoms with van der Waals surface area (Å²) in [5.74, 6) is 0. The first-order chi connectivity index (χ1) is 6.88. The van der Waals surface area contributed by atoms with Crippen LogP contribution < -0.4 is 5.32 Å². The zero-order chi connectivity index (χ0) is 10.2. The Morgan fingerprint density at radius 3 is 2.50 bits per heavy atom. The van der Waals surface area contributed by atoms with Gasteiger partial charge in [-0.25, -0.2) is 0 Å². The molecule has 0 amide bonds. The lowest BCUT2D eigenvalue weighted by Gasteiger charge is -2.25. The standard InChI is InChI=1S/C10H16N4/c11-4-8-14(9-5-12)10-2-1-6-13-7-3-10/h10,13H,1-3,6-9H2. The summed E-state index contributed by atoms with van der Waals surface area (Å²) in [5.41, 5.74) is 0. The molecular formula is C10H16N4. The molecule has 1 unspecified atom stereocenters. The monoisotopic (exact) mass is 192 g/mol. The van der Waals surface area contributed by atoms with Crippen molar-refractivity contribution in [1.82, 2.24) is 10.2 Å². The molecule has 0 aliphatic carbocycles. The van der Waals surface area contributed by atoms with Crippen molar-refractivity contribution in [2.45, 2.75) is 25.3 Å². The minimum Gasteiger partial charge on any atom is -0.317 e. The maximum atomic E-state index is 8.65. The fraction of sp³-hybridized carbons (Fsp3) is 0.800. The van der Waals surface area contributed by atoms with Gasteiger partial charge in [-0.3, -0.25) is 4.90 Å². The van der Waals surface area contributed by atoms with Crippen molar-refractivity contribution in [3.05, 3.63) is 0 Å². The highest BCUT2D eigenvalue weighted by atomic mass is 15.2. The largest absolute Gasteiger partial charge is 0.317 e. The molecule has 0 saturated carbocycles. The molecule has 1 aliphatic rings. The van der Waals surface area contributed by atoms with Crippen LogP contribution in [0.25, 0.3) is 0 Å². The Morgan fingerprint density at radius 2 is 1.86 bits per heavy atom. The van der Waals surface area contributed by atoms with E-state index in [4.69, 9.17) is 10.5 Å². The molecule has 0 spiro atoms. The number of nitrogens with one attached hydrogen (secondary N) is 1. The molecule has 14 heavy (non-hydrogen) atoms. The molecule has 4 heteroatoms. The lowest BCUT2D eigenvalue weighted by Crippen LogP contribution is -2.36. The van der Waals surface area contributed by atoms with Crippen molar-refractivity contribution in [3.8, 4) is 12.1 Å². The van der Waals surface area contributed by atoms with Crippen LogP contribution in [0.3, 0.4) is 0 Å². The molecule has 4 nitrogen and oxygen atoms in total. The van der Waals surface area contributed by atoms with E-state index in [1.807, 2.05) is 4.90 Å². The van der Waals surface area contributed by atoms with Crippen LogP contribution in [0.5, 0.6) is 0 Å². The summed E-state index contributed by atoms with van der Waals surface area (Å²) in [6, 6.07) is 4.66. The SMILES string of the molecule is N#CCN(CC#N)C1CCCNCC1. The number of rotatable bonds is 3. The van der Waals surface area contributed by atoms with Crippen LogP contribution >= 0.6 is 0 Å². The van der Waals surface area contributed by atoms with Gasteiger partial charge in [-0.05, 0) is 32.4 Å². The first-order valence-corrected chi connectivity index (χ1v) is 5.07. The molecule has 1 rings (SSSR count). The second-order valence-electron chi connectivity index (χ2n) is 3.56. The maximum absolute atomic E-state index is 8.65. The van der Waals surface area contributed by atoms with Crippen molar-refractivity contribution in [1.29, 1.82) is 10.5 Å². The molecule has 1 heterocycles. The highest BCUT2D eigenvalue weighted by Gasteiger charge is 2.18. The summed E-state index contributed by atoms with van der Waals surface area (Å²) >= 11 is 0. The number of hydrogen-bond donors (Lipinski definition) is 1. The molecule has 0 aromatic carbocycles. The first kappa shape index (κ1) is 11.0. The van der Waals surface area contributed by atoms with Gasteiger partial charge in [0, 0.05) is 6.04 Å². The van der Waals surface area contributed by atoms with Gasteiger partial charge >= 0.3 is 0 Å². The second kappa shape index (κ2) is 6.37. The van der Waals surface area contributed by atoms with Gasteiger partial charge in [0.1, 0.15) is 0 Å². The van der Waals surface area contributed by atoms with Gasteiger partial charge < -0.3 is 5.32 Å². The first-order valence-electron chi connectivity index (χ1n) is 5.07. The van der Waals surface area contributed by atoms with Crippen LogP contribution in [0.4, 0.5) is 0 Å². The number of nitrogens with zero attached hydrogens (tertiary/aromatic N) is 3. The number of hydrogen-bond acceptors (Lipinski definition) is 4. The highest BCUT2D eigenvalue weighted by Crippen LogP contribution is 2.12. The third-order valence-electron chi connectivity index (χ3n) is 2.61. The van der Waals surface area contributed by atoms with Crippen molar-refractivity contribution < 1.29 is 0 Å². The van der Waals surface area contributed by atoms with E-state index < -0.39 is 0 Å². The zero-order valence-electron chi connectivity index (χ0n) is 8.37. The van der Waals surface area contributed by atoms with Gasteiger partial charge in [-0.15, -0.1) is 0 Å². The summed E-state index contributed by atoms with van der Waals surface area (Å²) in [5, 5.41) is 20.6. The van der Waals surface area contributed by atoms with E-state index in [1.165, 1.54) is 0 Å². The molecule has 1 aliphatic heterocycles. The van der Waals surface area contributed by atoms with Gasteiger partial charge in [0.05, 0.1) is 25.2 Å². The fourth-order valence-corrected chi connectivity index (χ4v) is 1.86. The van der Waals surface area contributed by atoms with Crippen LogP contribution in [0.1, 0.15) is 19.3 Å². The normalized spacial score (nSPS) is 22.4. The fourth-order valence-electron chi connectivity index (χ4n) is 1.86. The van der Waals surface area contributed by atoms with Gasteiger partial charge in [0.15, 0.2) is 0 Å². The molecule has 0 radical (unpaired) electrons. The maximum Gasteiger partial charge on any atom is 0.0876 e. The quantitative estimate of drug-likeness (QED) is 0.660. The molecule has 0 aromatic rings. The van der Waals surface area contributed by atoms with Gasteiger partial charge in [0.2, 0.25) is 0 Å². The van der Waals surface area contributed by atoms with E-state index in [-0.39, 0.29) is 0 Å². The highest BCUT2D eigenvalue weighted by molar-refractivity contribution is 4.88. The van der Waals surface area contributed by atoms with Crippen LogP contribution in [-0.2, 0) is 0 Å². The molecule has 1 N–H and O–H groups in total. The Kier molecular flexibility index (Phi) is 4.99. The Morgan fingerprint density at radius 1 is 1.14 bits per heavy atom. The summed E-state index contributed by atoms with van der Waals surface area (Å²) in [4.78, 5) is 1.98. The van der Waals surface area contributed by atoms with Gasteiger partial charge in [0.25, 0.3) is 0 Å². The molecule has 0 aromatic heterocycles. The van der Waals surface area contributed by atoms with E-state index in [0.29, 0.717) is 19.1 Å². The minimum atomic E-state index is 0.373. The lowest BCUT2D eigenvalue weighted by atomic mass is 10.1. The molecular weight excluding hydrogens is 176 g/mol. The average molecular weight is 192 g/mol. The van der Waals surface area contributed by atoms with Crippen molar-refractivity contribution in [3.63, 3.8) is 0 Å². The Balaban J connectivity index is 2.48.